The van der Waals surface area contributed by atoms with Crippen molar-refractivity contribution in [3.05, 3.63) is 0 Å². The second kappa shape index (κ2) is 5.64. The summed E-state index contributed by atoms with van der Waals surface area (Å²) in [6, 6.07) is 0. The molecule has 0 aromatic heterocycles. The predicted octanol–water partition coefficient (Wildman–Crippen LogP) is 0.246. The number of hydrogen-bond acceptors (Lipinski definition) is 3. The van der Waals surface area contributed by atoms with Crippen LogP contribution in [-0.4, -0.2) is 73.5 Å². The maximum Gasteiger partial charge on any atom is 0.236 e. The van der Waals surface area contributed by atoms with E-state index < -0.39 is 0 Å². The molecule has 2 aliphatic rings. The lowest BCUT2D eigenvalue weighted by molar-refractivity contribution is -0.135. The van der Waals surface area contributed by atoms with Crippen LogP contribution in [0.5, 0.6) is 0 Å². The molecule has 1 amide bonds. The van der Waals surface area contributed by atoms with E-state index in [9.17, 15) is 4.79 Å². The molecule has 0 atom stereocenters. The van der Waals surface area contributed by atoms with E-state index in [-0.39, 0.29) is 0 Å². The van der Waals surface area contributed by atoms with Crippen molar-refractivity contribution >= 4 is 5.91 Å². The van der Waals surface area contributed by atoms with Crippen molar-refractivity contribution in [3.8, 4) is 0 Å². The number of amides is 1. The van der Waals surface area contributed by atoms with E-state index in [1.165, 1.54) is 32.4 Å². The zero-order valence-electron chi connectivity index (χ0n) is 10.3. The lowest BCUT2D eigenvalue weighted by atomic mass is 10.1. The van der Waals surface area contributed by atoms with Gasteiger partial charge in [-0.05, 0) is 33.0 Å². The number of likely N-dealkylation sites (tertiary alicyclic amines) is 1. The van der Waals surface area contributed by atoms with Crippen LogP contribution in [0.15, 0.2) is 0 Å². The van der Waals surface area contributed by atoms with Gasteiger partial charge in [0.05, 0.1) is 6.54 Å². The van der Waals surface area contributed by atoms with Gasteiger partial charge in [-0.2, -0.15) is 0 Å². The largest absolute Gasteiger partial charge is 0.339 e. The van der Waals surface area contributed by atoms with Crippen LogP contribution in [0.4, 0.5) is 0 Å². The minimum Gasteiger partial charge on any atom is -0.339 e. The van der Waals surface area contributed by atoms with Crippen LogP contribution in [0.2, 0.25) is 0 Å². The highest BCUT2D eigenvalue weighted by molar-refractivity contribution is 5.78. The van der Waals surface area contributed by atoms with Crippen molar-refractivity contribution in [2.45, 2.75) is 19.3 Å². The van der Waals surface area contributed by atoms with Gasteiger partial charge in [0.2, 0.25) is 5.91 Å². The smallest absolute Gasteiger partial charge is 0.236 e. The summed E-state index contributed by atoms with van der Waals surface area (Å²) in [6.07, 6.45) is 4.04. The third-order valence-electron chi connectivity index (χ3n) is 3.64. The normalized spacial score (nSPS) is 25.1. The monoisotopic (exact) mass is 225 g/mol. The van der Waals surface area contributed by atoms with Crippen molar-refractivity contribution in [3.63, 3.8) is 0 Å². The topological polar surface area (TPSA) is 26.8 Å². The maximum absolute atomic E-state index is 11.7. The van der Waals surface area contributed by atoms with Crippen molar-refractivity contribution < 1.29 is 4.79 Å². The Balaban J connectivity index is 1.70. The van der Waals surface area contributed by atoms with E-state index in [1.807, 2.05) is 11.9 Å². The molecule has 4 nitrogen and oxygen atoms in total. The molecule has 0 aromatic carbocycles. The molecule has 0 spiro atoms. The second-order valence-electron chi connectivity index (χ2n) is 5.02. The molecule has 2 fully saturated rings. The molecule has 2 rings (SSSR count). The molecule has 2 saturated heterocycles. The SMILES string of the molecule is CN1CCN(CCN2CCCCC2)C(=O)C1. The molecule has 2 heterocycles. The number of piperazine rings is 1. The van der Waals surface area contributed by atoms with Gasteiger partial charge in [0.25, 0.3) is 0 Å². The zero-order chi connectivity index (χ0) is 11.4. The number of nitrogens with zero attached hydrogens (tertiary/aromatic N) is 3. The van der Waals surface area contributed by atoms with Gasteiger partial charge in [-0.15, -0.1) is 0 Å². The Bertz CT molecular complexity index is 238. The molecule has 0 saturated carbocycles. The van der Waals surface area contributed by atoms with Crippen LogP contribution in [0.1, 0.15) is 19.3 Å². The Morgan fingerprint density at radius 3 is 2.44 bits per heavy atom. The van der Waals surface area contributed by atoms with Gasteiger partial charge in [-0.3, -0.25) is 9.69 Å². The van der Waals surface area contributed by atoms with Gasteiger partial charge in [0, 0.05) is 26.2 Å². The molecule has 0 aliphatic carbocycles. The van der Waals surface area contributed by atoms with Gasteiger partial charge in [-0.1, -0.05) is 6.42 Å². The highest BCUT2D eigenvalue weighted by Gasteiger charge is 2.21. The zero-order valence-corrected chi connectivity index (χ0v) is 10.3. The first kappa shape index (κ1) is 11.9. The molecule has 92 valence electrons. The predicted molar refractivity (Wildman–Crippen MR) is 64.4 cm³/mol. The Labute approximate surface area is 98.2 Å². The maximum atomic E-state index is 11.7. The van der Waals surface area contributed by atoms with Crippen LogP contribution in [-0.2, 0) is 4.79 Å². The van der Waals surface area contributed by atoms with E-state index in [4.69, 9.17) is 0 Å². The van der Waals surface area contributed by atoms with Crippen LogP contribution < -0.4 is 0 Å². The number of carbonyl (C=O) groups excluding carboxylic acids is 1. The number of piperidine rings is 1. The summed E-state index contributed by atoms with van der Waals surface area (Å²) < 4.78 is 0. The fourth-order valence-electron chi connectivity index (χ4n) is 2.51. The number of hydrogen-bond donors (Lipinski definition) is 0. The van der Waals surface area contributed by atoms with Gasteiger partial charge in [0.15, 0.2) is 0 Å². The summed E-state index contributed by atoms with van der Waals surface area (Å²) >= 11 is 0. The first-order valence-corrected chi connectivity index (χ1v) is 6.44. The van der Waals surface area contributed by atoms with Gasteiger partial charge in [-0.25, -0.2) is 0 Å². The molecule has 0 aromatic rings. The Hall–Kier alpha value is -0.610. The highest BCUT2D eigenvalue weighted by atomic mass is 16.2. The lowest BCUT2D eigenvalue weighted by Gasteiger charge is -2.34. The number of carbonyl (C=O) groups is 1. The fraction of sp³-hybridized carbons (Fsp3) is 0.917. The van der Waals surface area contributed by atoms with E-state index in [0.29, 0.717) is 12.5 Å². The van der Waals surface area contributed by atoms with E-state index in [2.05, 4.69) is 9.80 Å². The van der Waals surface area contributed by atoms with Crippen LogP contribution in [0.25, 0.3) is 0 Å². The molecule has 0 unspecified atom stereocenters. The summed E-state index contributed by atoms with van der Waals surface area (Å²) in [6.45, 7) is 6.96. The van der Waals surface area contributed by atoms with Crippen molar-refractivity contribution in [1.82, 2.24) is 14.7 Å². The molecule has 2 aliphatic heterocycles. The van der Waals surface area contributed by atoms with Crippen molar-refractivity contribution in [1.29, 1.82) is 0 Å². The Kier molecular flexibility index (Phi) is 4.18. The van der Waals surface area contributed by atoms with E-state index in [1.54, 1.807) is 0 Å². The second-order valence-corrected chi connectivity index (χ2v) is 5.02. The van der Waals surface area contributed by atoms with Crippen molar-refractivity contribution in [2.24, 2.45) is 0 Å². The van der Waals surface area contributed by atoms with Gasteiger partial charge >= 0.3 is 0 Å². The summed E-state index contributed by atoms with van der Waals surface area (Å²) in [5.41, 5.74) is 0. The first-order chi connectivity index (χ1) is 7.75. The van der Waals surface area contributed by atoms with E-state index >= 15 is 0 Å². The molecular weight excluding hydrogens is 202 g/mol. The number of rotatable bonds is 3. The Morgan fingerprint density at radius 2 is 1.75 bits per heavy atom. The van der Waals surface area contributed by atoms with Gasteiger partial charge < -0.3 is 9.80 Å². The third-order valence-corrected chi connectivity index (χ3v) is 3.64. The molecule has 16 heavy (non-hydrogen) atoms. The average molecular weight is 225 g/mol. The average Bonchev–Trinajstić information content (AvgIpc) is 2.29. The fourth-order valence-corrected chi connectivity index (χ4v) is 2.51. The highest BCUT2D eigenvalue weighted by Crippen LogP contribution is 2.09. The van der Waals surface area contributed by atoms with Crippen LogP contribution in [0.3, 0.4) is 0 Å². The third kappa shape index (κ3) is 3.19. The minimum absolute atomic E-state index is 0.297. The lowest BCUT2D eigenvalue weighted by Crippen LogP contribution is -2.51. The summed E-state index contributed by atoms with van der Waals surface area (Å²) in [5.74, 6) is 0.297. The van der Waals surface area contributed by atoms with Gasteiger partial charge in [0.1, 0.15) is 0 Å². The summed E-state index contributed by atoms with van der Waals surface area (Å²) in [7, 11) is 2.01. The minimum atomic E-state index is 0.297. The summed E-state index contributed by atoms with van der Waals surface area (Å²) in [5, 5.41) is 0. The molecule has 0 radical (unpaired) electrons. The van der Waals surface area contributed by atoms with Crippen LogP contribution in [0, 0.1) is 0 Å². The number of likely N-dealkylation sites (N-methyl/N-ethyl adjacent to an activating group) is 1. The van der Waals surface area contributed by atoms with E-state index in [0.717, 1.165) is 26.2 Å². The Morgan fingerprint density at radius 1 is 1.00 bits per heavy atom. The molecule has 0 bridgehead atoms. The quantitative estimate of drug-likeness (QED) is 0.689. The van der Waals surface area contributed by atoms with Crippen LogP contribution >= 0.6 is 0 Å². The summed E-state index contributed by atoms with van der Waals surface area (Å²) in [4.78, 5) is 18.4. The molecular formula is C12H23N3O. The first-order valence-electron chi connectivity index (χ1n) is 6.44. The standard InChI is InChI=1S/C12H23N3O/c1-13-7-9-15(12(16)11-13)10-8-14-5-3-2-4-6-14/h2-11H2,1H3. The van der Waals surface area contributed by atoms with Crippen molar-refractivity contribution in [2.75, 3.05) is 52.9 Å². The molecule has 0 N–H and O–H groups in total. The molecule has 4 heteroatoms.